The van der Waals surface area contributed by atoms with Gasteiger partial charge < -0.3 is 11.5 Å². The summed E-state index contributed by atoms with van der Waals surface area (Å²) in [5, 5.41) is 0. The van der Waals surface area contributed by atoms with E-state index < -0.39 is 0 Å². The van der Waals surface area contributed by atoms with Crippen molar-refractivity contribution in [2.45, 2.75) is 46.5 Å². The van der Waals surface area contributed by atoms with Gasteiger partial charge in [-0.1, -0.05) is 162 Å². The predicted octanol–water partition coefficient (Wildman–Crippen LogP) is 12.5. The van der Waals surface area contributed by atoms with Gasteiger partial charge in [0.1, 0.15) is 0 Å². The van der Waals surface area contributed by atoms with Crippen LogP contribution >= 0.6 is 0 Å². The van der Waals surface area contributed by atoms with Crippen molar-refractivity contribution in [2.24, 2.45) is 0 Å². The number of aryl methyl sites for hydroxylation is 5. The summed E-state index contributed by atoms with van der Waals surface area (Å²) in [4.78, 5) is 0. The Hall–Kier alpha value is -5.86. The van der Waals surface area contributed by atoms with Crippen LogP contribution in [0.25, 0.3) is 44.5 Å². The third-order valence-electron chi connectivity index (χ3n) is 10.2. The highest BCUT2D eigenvalue weighted by molar-refractivity contribution is 5.96. The first-order valence-electron chi connectivity index (χ1n) is 17.9. The van der Waals surface area contributed by atoms with Crippen molar-refractivity contribution >= 4 is 11.4 Å². The molecule has 7 rings (SSSR count). The molecule has 2 nitrogen and oxygen atoms in total. The van der Waals surface area contributed by atoms with Gasteiger partial charge in [-0.25, -0.2) is 0 Å². The molecule has 2 heteroatoms. The van der Waals surface area contributed by atoms with Gasteiger partial charge in [0, 0.05) is 28.4 Å². The molecule has 0 unspecified atom stereocenters. The fourth-order valence-corrected chi connectivity index (χ4v) is 7.41. The molecule has 0 saturated carbocycles. The number of anilines is 2. The molecule has 0 aromatic heterocycles. The third-order valence-corrected chi connectivity index (χ3v) is 10.2. The van der Waals surface area contributed by atoms with Gasteiger partial charge in [0.05, 0.1) is 0 Å². The second-order valence-corrected chi connectivity index (χ2v) is 14.0. The van der Waals surface area contributed by atoms with E-state index in [4.69, 9.17) is 11.5 Å². The average Bonchev–Trinajstić information content (AvgIpc) is 3.14. The van der Waals surface area contributed by atoms with Crippen LogP contribution in [0.5, 0.6) is 0 Å². The second kappa shape index (κ2) is 14.5. The number of nitrogen functional groups attached to an aromatic ring is 2. The molecule has 0 atom stereocenters. The zero-order chi connectivity index (χ0) is 35.5. The maximum Gasteiger partial charge on any atom is 0.0400 e. The molecule has 0 heterocycles. The Kier molecular flexibility index (Phi) is 9.59. The van der Waals surface area contributed by atoms with Crippen molar-refractivity contribution in [1.29, 1.82) is 0 Å². The maximum absolute atomic E-state index is 6.98. The first-order chi connectivity index (χ1) is 24.8. The molecular formula is C49H46N2. The van der Waals surface area contributed by atoms with Gasteiger partial charge in [-0.15, -0.1) is 0 Å². The van der Waals surface area contributed by atoms with E-state index in [2.05, 4.69) is 179 Å². The summed E-state index contributed by atoms with van der Waals surface area (Å²) < 4.78 is 0. The van der Waals surface area contributed by atoms with E-state index in [1.165, 1.54) is 50.1 Å². The van der Waals surface area contributed by atoms with Crippen molar-refractivity contribution in [3.05, 3.63) is 191 Å². The van der Waals surface area contributed by atoms with E-state index in [9.17, 15) is 0 Å². The van der Waals surface area contributed by atoms with Gasteiger partial charge in [0.2, 0.25) is 0 Å². The van der Waals surface area contributed by atoms with Crippen molar-refractivity contribution in [1.82, 2.24) is 0 Å². The van der Waals surface area contributed by atoms with Gasteiger partial charge in [-0.2, -0.15) is 0 Å². The fourth-order valence-electron chi connectivity index (χ4n) is 7.41. The Morgan fingerprint density at radius 1 is 0.373 bits per heavy atom. The van der Waals surface area contributed by atoms with E-state index in [0.29, 0.717) is 0 Å². The first kappa shape index (κ1) is 33.6. The molecule has 4 N–H and O–H groups in total. The van der Waals surface area contributed by atoms with Crippen LogP contribution in [0.1, 0.15) is 51.3 Å². The Morgan fingerprint density at radius 3 is 1.06 bits per heavy atom. The van der Waals surface area contributed by atoms with Crippen molar-refractivity contribution in [3.63, 3.8) is 0 Å². The van der Waals surface area contributed by atoms with Gasteiger partial charge in [-0.3, -0.25) is 0 Å². The molecule has 0 radical (unpaired) electrons. The highest BCUT2D eigenvalue weighted by Gasteiger charge is 2.27. The average molecular weight is 663 g/mol. The molecule has 0 saturated heterocycles. The molecule has 0 aliphatic heterocycles. The van der Waals surface area contributed by atoms with Gasteiger partial charge in [0.15, 0.2) is 0 Å². The first-order valence-corrected chi connectivity index (χ1v) is 17.9. The van der Waals surface area contributed by atoms with Gasteiger partial charge in [0.25, 0.3) is 0 Å². The van der Waals surface area contributed by atoms with E-state index in [0.717, 1.165) is 57.6 Å². The maximum atomic E-state index is 6.98. The van der Waals surface area contributed by atoms with Crippen LogP contribution in [0.15, 0.2) is 152 Å². The molecule has 0 bridgehead atoms. The lowest BCUT2D eigenvalue weighted by atomic mass is 9.75. The molecule has 0 spiro atoms. The molecular weight excluding hydrogens is 617 g/mol. The molecule has 0 aliphatic rings. The molecule has 7 aromatic rings. The Morgan fingerprint density at radius 2 is 0.706 bits per heavy atom. The summed E-state index contributed by atoms with van der Waals surface area (Å²) in [7, 11) is 0. The summed E-state index contributed by atoms with van der Waals surface area (Å²) in [6.45, 7) is 8.54. The lowest BCUT2D eigenvalue weighted by molar-refractivity contribution is 0.718. The Bertz CT molecular complexity index is 2120. The molecule has 51 heavy (non-hydrogen) atoms. The molecule has 0 fully saturated rings. The van der Waals surface area contributed by atoms with Crippen LogP contribution in [-0.2, 0) is 6.42 Å². The molecule has 0 amide bonds. The summed E-state index contributed by atoms with van der Waals surface area (Å²) >= 11 is 0. The quantitative estimate of drug-likeness (QED) is 0.151. The van der Waals surface area contributed by atoms with Crippen LogP contribution in [0, 0.1) is 27.7 Å². The topological polar surface area (TPSA) is 52.0 Å². The predicted molar refractivity (Wildman–Crippen MR) is 219 cm³/mol. The van der Waals surface area contributed by atoms with E-state index >= 15 is 0 Å². The summed E-state index contributed by atoms with van der Waals surface area (Å²) in [6.07, 6.45) is 1.82. The minimum atomic E-state index is 0.0207. The zero-order valence-corrected chi connectivity index (χ0v) is 30.1. The summed E-state index contributed by atoms with van der Waals surface area (Å²) in [5.74, 6) is 0.0207. The van der Waals surface area contributed by atoms with Crippen LogP contribution in [-0.4, -0.2) is 0 Å². The van der Waals surface area contributed by atoms with Crippen LogP contribution in [0.2, 0.25) is 0 Å². The molecule has 252 valence electrons. The standard InChI is InChI=1S/C49H46N2/c1-32-10-19-37(20-11-32)46-42(28-30-44(50)48(46)39-23-14-34(3)15-24-39)41(27-18-36-8-6-5-7-9-36)43-29-31-45(51)49(40-25-16-35(4)17-26-40)47(43)38-21-12-33(2)13-22-38/h5-17,19-26,28-31,41H,18,27,50-51H2,1-4H3. The highest BCUT2D eigenvalue weighted by Crippen LogP contribution is 2.49. The van der Waals surface area contributed by atoms with E-state index in [1.54, 1.807) is 0 Å². The minimum Gasteiger partial charge on any atom is -0.398 e. The van der Waals surface area contributed by atoms with Crippen molar-refractivity contribution < 1.29 is 0 Å². The normalized spacial score (nSPS) is 11.2. The number of nitrogens with two attached hydrogens (primary N) is 2. The Labute approximate surface area is 303 Å². The number of rotatable bonds is 9. The SMILES string of the molecule is Cc1ccc(-c2c(N)ccc(C(CCc3ccccc3)c3ccc(N)c(-c4ccc(C)cc4)c3-c3ccc(C)cc3)c2-c2ccc(C)cc2)cc1. The number of benzene rings is 7. The van der Waals surface area contributed by atoms with Crippen molar-refractivity contribution in [2.75, 3.05) is 11.5 Å². The molecule has 7 aromatic carbocycles. The largest absolute Gasteiger partial charge is 0.398 e. The van der Waals surface area contributed by atoms with Crippen LogP contribution in [0.4, 0.5) is 11.4 Å². The lowest BCUT2D eigenvalue weighted by Crippen LogP contribution is -2.10. The second-order valence-electron chi connectivity index (χ2n) is 14.0. The monoisotopic (exact) mass is 662 g/mol. The van der Waals surface area contributed by atoms with Gasteiger partial charge in [-0.05, 0) is 103 Å². The lowest BCUT2D eigenvalue weighted by Gasteiger charge is -2.28. The van der Waals surface area contributed by atoms with Crippen LogP contribution in [0.3, 0.4) is 0 Å². The summed E-state index contributed by atoms with van der Waals surface area (Å²) in [5.41, 5.74) is 33.3. The third kappa shape index (κ3) is 7.09. The van der Waals surface area contributed by atoms with Crippen LogP contribution < -0.4 is 11.5 Å². The van der Waals surface area contributed by atoms with E-state index in [-0.39, 0.29) is 5.92 Å². The zero-order valence-electron chi connectivity index (χ0n) is 30.1. The smallest absolute Gasteiger partial charge is 0.0400 e. The van der Waals surface area contributed by atoms with E-state index in [1.807, 2.05) is 0 Å². The number of hydrogen-bond acceptors (Lipinski definition) is 2. The minimum absolute atomic E-state index is 0.0207. The molecule has 0 aliphatic carbocycles. The van der Waals surface area contributed by atoms with Gasteiger partial charge >= 0.3 is 0 Å². The van der Waals surface area contributed by atoms with Crippen molar-refractivity contribution in [3.8, 4) is 44.5 Å². The summed E-state index contributed by atoms with van der Waals surface area (Å²) in [6, 6.07) is 55.0. The number of hydrogen-bond donors (Lipinski definition) is 2. The Balaban J connectivity index is 1.56. The highest BCUT2D eigenvalue weighted by atomic mass is 14.6. The fraction of sp³-hybridized carbons (Fsp3) is 0.143.